The summed E-state index contributed by atoms with van der Waals surface area (Å²) >= 11 is 0. The van der Waals surface area contributed by atoms with Crippen LogP contribution in [0.15, 0.2) is 30.5 Å². The van der Waals surface area contributed by atoms with Gasteiger partial charge in [-0.2, -0.15) is 0 Å². The van der Waals surface area contributed by atoms with Gasteiger partial charge in [-0.25, -0.2) is 14.4 Å². The molecule has 2 aliphatic rings. The normalized spacial score (nSPS) is 19.6. The number of aryl methyl sites for hydroxylation is 1. The van der Waals surface area contributed by atoms with Crippen LogP contribution in [0.4, 0.5) is 10.1 Å². The van der Waals surface area contributed by atoms with Gasteiger partial charge in [0.1, 0.15) is 11.6 Å². The highest BCUT2D eigenvalue weighted by Gasteiger charge is 2.30. The lowest BCUT2D eigenvalue weighted by Gasteiger charge is -2.23. The summed E-state index contributed by atoms with van der Waals surface area (Å²) in [4.78, 5) is 38.5. The lowest BCUT2D eigenvalue weighted by atomic mass is 10.1. The molecule has 3 heterocycles. The Hall–Kier alpha value is -2.87. The Balaban J connectivity index is 1.36. The second-order valence-corrected chi connectivity index (χ2v) is 8.68. The van der Waals surface area contributed by atoms with Gasteiger partial charge < -0.3 is 10.2 Å². The lowest BCUT2D eigenvalue weighted by Crippen LogP contribution is -2.39. The van der Waals surface area contributed by atoms with Gasteiger partial charge in [-0.05, 0) is 51.4 Å². The van der Waals surface area contributed by atoms with Gasteiger partial charge in [0.15, 0.2) is 0 Å². The zero-order valence-electron chi connectivity index (χ0n) is 18.5. The number of aromatic nitrogens is 2. The van der Waals surface area contributed by atoms with E-state index in [4.69, 9.17) is 0 Å². The highest BCUT2D eigenvalue weighted by molar-refractivity contribution is 6.04. The Labute approximate surface area is 188 Å². The van der Waals surface area contributed by atoms with E-state index in [2.05, 4.69) is 20.2 Å². The predicted molar refractivity (Wildman–Crippen MR) is 120 cm³/mol. The fourth-order valence-electron chi connectivity index (χ4n) is 4.44. The number of nitrogens with one attached hydrogen (secondary N) is 1. The van der Waals surface area contributed by atoms with Crippen molar-refractivity contribution in [2.24, 2.45) is 0 Å². The molecule has 1 unspecified atom stereocenters. The molecule has 8 heteroatoms. The largest absolute Gasteiger partial charge is 0.341 e. The topological polar surface area (TPSA) is 78.4 Å². The summed E-state index contributed by atoms with van der Waals surface area (Å²) in [5.41, 5.74) is 0.970. The molecule has 0 saturated carbocycles. The Kier molecular flexibility index (Phi) is 7.09. The standard InChI is InChI=1S/C24H30FN5O2/c1-17-19(24(32)28-21-9-5-4-8-20(21)25)14-26-23(27-17)18-10-13-30(15-18)22(31)16-29-11-6-2-3-7-12-29/h4-5,8-9,14,18H,2-3,6-7,10-13,15-16H2,1H3,(H,28,32). The molecule has 1 N–H and O–H groups in total. The van der Waals surface area contributed by atoms with Crippen molar-refractivity contribution in [2.45, 2.75) is 44.9 Å². The average Bonchev–Trinajstić information content (AvgIpc) is 3.14. The van der Waals surface area contributed by atoms with E-state index in [-0.39, 0.29) is 17.5 Å². The Morgan fingerprint density at radius 2 is 1.88 bits per heavy atom. The van der Waals surface area contributed by atoms with E-state index < -0.39 is 11.7 Å². The van der Waals surface area contributed by atoms with E-state index in [0.717, 1.165) is 19.5 Å². The van der Waals surface area contributed by atoms with Crippen molar-refractivity contribution in [1.82, 2.24) is 19.8 Å². The third-order valence-corrected chi connectivity index (χ3v) is 6.33. The maximum absolute atomic E-state index is 13.8. The summed E-state index contributed by atoms with van der Waals surface area (Å²) in [7, 11) is 0. The Bertz CT molecular complexity index is 975. The molecule has 1 aromatic carbocycles. The van der Waals surface area contributed by atoms with E-state index in [1.165, 1.54) is 44.0 Å². The molecule has 7 nitrogen and oxygen atoms in total. The number of para-hydroxylation sites is 1. The second kappa shape index (κ2) is 10.2. The molecule has 2 amide bonds. The number of hydrogen-bond donors (Lipinski definition) is 1. The molecule has 0 spiro atoms. The zero-order chi connectivity index (χ0) is 22.5. The fourth-order valence-corrected chi connectivity index (χ4v) is 4.44. The Morgan fingerprint density at radius 1 is 1.12 bits per heavy atom. The van der Waals surface area contributed by atoms with Crippen molar-refractivity contribution in [1.29, 1.82) is 0 Å². The van der Waals surface area contributed by atoms with Crippen LogP contribution >= 0.6 is 0 Å². The lowest BCUT2D eigenvalue weighted by molar-refractivity contribution is -0.131. The van der Waals surface area contributed by atoms with E-state index in [1.54, 1.807) is 19.1 Å². The van der Waals surface area contributed by atoms with Crippen molar-refractivity contribution in [3.8, 4) is 0 Å². The number of rotatable bonds is 5. The van der Waals surface area contributed by atoms with Crippen LogP contribution in [0.2, 0.25) is 0 Å². The molecule has 4 rings (SSSR count). The number of benzene rings is 1. The first-order chi connectivity index (χ1) is 15.5. The summed E-state index contributed by atoms with van der Waals surface area (Å²) in [5, 5.41) is 2.57. The summed E-state index contributed by atoms with van der Waals surface area (Å²) in [6, 6.07) is 6.03. The van der Waals surface area contributed by atoms with Crippen LogP contribution in [0.1, 0.15) is 59.9 Å². The first kappa shape index (κ1) is 22.3. The summed E-state index contributed by atoms with van der Waals surface area (Å²) in [5.74, 6) is -0.0563. The van der Waals surface area contributed by atoms with Gasteiger partial charge in [-0.1, -0.05) is 25.0 Å². The van der Waals surface area contributed by atoms with Crippen molar-refractivity contribution in [3.63, 3.8) is 0 Å². The van der Waals surface area contributed by atoms with Gasteiger partial charge in [0.2, 0.25) is 5.91 Å². The van der Waals surface area contributed by atoms with Gasteiger partial charge in [-0.15, -0.1) is 0 Å². The molecule has 170 valence electrons. The second-order valence-electron chi connectivity index (χ2n) is 8.68. The van der Waals surface area contributed by atoms with Gasteiger partial charge in [0.25, 0.3) is 5.91 Å². The number of amides is 2. The molecular formula is C24H30FN5O2. The van der Waals surface area contributed by atoms with Crippen LogP contribution in [-0.2, 0) is 4.79 Å². The molecule has 0 bridgehead atoms. The number of likely N-dealkylation sites (tertiary alicyclic amines) is 2. The summed E-state index contributed by atoms with van der Waals surface area (Å²) in [6.45, 7) is 5.55. The molecule has 2 aliphatic heterocycles. The molecule has 2 saturated heterocycles. The number of carbonyl (C=O) groups excluding carboxylic acids is 2. The van der Waals surface area contributed by atoms with E-state index in [1.807, 2.05) is 4.90 Å². The first-order valence-corrected chi connectivity index (χ1v) is 11.4. The molecule has 1 aromatic heterocycles. The minimum absolute atomic E-state index is 0.0606. The SMILES string of the molecule is Cc1nc(C2CCN(C(=O)CN3CCCCCC3)C2)ncc1C(=O)Nc1ccccc1F. The molecule has 0 radical (unpaired) electrons. The molecule has 2 fully saturated rings. The number of anilines is 1. The van der Waals surface area contributed by atoms with Crippen molar-refractivity contribution in [2.75, 3.05) is 38.0 Å². The highest BCUT2D eigenvalue weighted by Crippen LogP contribution is 2.26. The molecule has 2 aromatic rings. The Morgan fingerprint density at radius 3 is 2.59 bits per heavy atom. The van der Waals surface area contributed by atoms with Gasteiger partial charge >= 0.3 is 0 Å². The van der Waals surface area contributed by atoms with Crippen molar-refractivity contribution < 1.29 is 14.0 Å². The van der Waals surface area contributed by atoms with E-state index in [9.17, 15) is 14.0 Å². The quantitative estimate of drug-likeness (QED) is 0.773. The van der Waals surface area contributed by atoms with Crippen LogP contribution in [0.5, 0.6) is 0 Å². The first-order valence-electron chi connectivity index (χ1n) is 11.4. The zero-order valence-corrected chi connectivity index (χ0v) is 18.5. The van der Waals surface area contributed by atoms with E-state index >= 15 is 0 Å². The smallest absolute Gasteiger partial charge is 0.259 e. The van der Waals surface area contributed by atoms with Gasteiger partial charge in [-0.3, -0.25) is 14.5 Å². The number of carbonyl (C=O) groups is 2. The molecular weight excluding hydrogens is 409 g/mol. The molecule has 1 atom stereocenters. The predicted octanol–water partition coefficient (Wildman–Crippen LogP) is 3.37. The van der Waals surface area contributed by atoms with Crippen LogP contribution in [0.25, 0.3) is 0 Å². The van der Waals surface area contributed by atoms with Crippen molar-refractivity contribution >= 4 is 17.5 Å². The van der Waals surface area contributed by atoms with Crippen LogP contribution < -0.4 is 5.32 Å². The van der Waals surface area contributed by atoms with E-state index in [0.29, 0.717) is 36.7 Å². The monoisotopic (exact) mass is 439 g/mol. The van der Waals surface area contributed by atoms with Crippen LogP contribution in [0.3, 0.4) is 0 Å². The highest BCUT2D eigenvalue weighted by atomic mass is 19.1. The van der Waals surface area contributed by atoms with Crippen LogP contribution in [-0.4, -0.2) is 64.3 Å². The third-order valence-electron chi connectivity index (χ3n) is 6.33. The summed E-state index contributed by atoms with van der Waals surface area (Å²) in [6.07, 6.45) is 7.14. The number of nitrogens with zero attached hydrogens (tertiary/aromatic N) is 4. The maximum atomic E-state index is 13.8. The number of hydrogen-bond acceptors (Lipinski definition) is 5. The molecule has 32 heavy (non-hydrogen) atoms. The minimum Gasteiger partial charge on any atom is -0.341 e. The van der Waals surface area contributed by atoms with Crippen LogP contribution in [0, 0.1) is 12.7 Å². The maximum Gasteiger partial charge on any atom is 0.259 e. The van der Waals surface area contributed by atoms with Crippen molar-refractivity contribution in [3.05, 3.63) is 53.4 Å². The summed E-state index contributed by atoms with van der Waals surface area (Å²) < 4.78 is 13.8. The average molecular weight is 440 g/mol. The number of halogens is 1. The fraction of sp³-hybridized carbons (Fsp3) is 0.500. The third kappa shape index (κ3) is 5.30. The molecule has 0 aliphatic carbocycles. The minimum atomic E-state index is -0.494. The van der Waals surface area contributed by atoms with Gasteiger partial charge in [0.05, 0.1) is 23.5 Å². The van der Waals surface area contributed by atoms with Gasteiger partial charge in [0, 0.05) is 25.2 Å².